The van der Waals surface area contributed by atoms with Crippen LogP contribution in [-0.2, 0) is 9.59 Å². The van der Waals surface area contributed by atoms with Crippen LogP contribution in [0.5, 0.6) is 0 Å². The van der Waals surface area contributed by atoms with E-state index < -0.39 is 5.97 Å². The lowest BCUT2D eigenvalue weighted by Crippen LogP contribution is -2.27. The number of hydrogen-bond donors (Lipinski definition) is 2. The highest BCUT2D eigenvalue weighted by atomic mass is 16.4. The minimum atomic E-state index is -0.732. The normalized spacial score (nSPS) is 25.3. The van der Waals surface area contributed by atoms with Crippen molar-refractivity contribution in [3.05, 3.63) is 11.6 Å². The van der Waals surface area contributed by atoms with Crippen LogP contribution in [-0.4, -0.2) is 28.1 Å². The summed E-state index contributed by atoms with van der Waals surface area (Å²) in [6, 6.07) is 0. The number of aliphatic hydroxyl groups is 1. The van der Waals surface area contributed by atoms with Gasteiger partial charge in [0.15, 0.2) is 0 Å². The maximum Gasteiger partial charge on any atom is 0.303 e. The summed E-state index contributed by atoms with van der Waals surface area (Å²) in [5.41, 5.74) is 0.863. The molecular weight excluding hydrogens is 328 g/mol. The number of carboxylic acids is 1. The van der Waals surface area contributed by atoms with Crippen molar-refractivity contribution in [3.8, 4) is 0 Å². The van der Waals surface area contributed by atoms with Crippen LogP contribution >= 0.6 is 0 Å². The van der Waals surface area contributed by atoms with Gasteiger partial charge >= 0.3 is 5.97 Å². The molecule has 2 aliphatic carbocycles. The Morgan fingerprint density at radius 1 is 1.19 bits per heavy atom. The van der Waals surface area contributed by atoms with Gasteiger partial charge in [0.05, 0.1) is 6.10 Å². The third kappa shape index (κ3) is 5.94. The minimum Gasteiger partial charge on any atom is -0.481 e. The van der Waals surface area contributed by atoms with Gasteiger partial charge in [0, 0.05) is 18.3 Å². The molecule has 0 aliphatic heterocycles. The van der Waals surface area contributed by atoms with Gasteiger partial charge in [0.1, 0.15) is 5.78 Å². The van der Waals surface area contributed by atoms with Crippen molar-refractivity contribution >= 4 is 11.8 Å². The Kier molecular flexibility index (Phi) is 8.33. The fourth-order valence-electron chi connectivity index (χ4n) is 4.69. The largest absolute Gasteiger partial charge is 0.481 e. The number of ketones is 1. The zero-order valence-electron chi connectivity index (χ0n) is 16.3. The van der Waals surface area contributed by atoms with E-state index in [0.29, 0.717) is 18.1 Å². The molecule has 4 nitrogen and oxygen atoms in total. The lowest BCUT2D eigenvalue weighted by atomic mass is 9.75. The van der Waals surface area contributed by atoms with Crippen LogP contribution in [0, 0.1) is 11.3 Å². The molecule has 1 saturated carbocycles. The minimum absolute atomic E-state index is 0.229. The van der Waals surface area contributed by atoms with E-state index in [9.17, 15) is 14.7 Å². The third-order valence-electron chi connectivity index (χ3n) is 6.58. The predicted molar refractivity (Wildman–Crippen MR) is 103 cm³/mol. The number of allylic oxidation sites excluding steroid dienone is 2. The van der Waals surface area contributed by atoms with Crippen molar-refractivity contribution in [2.75, 3.05) is 0 Å². The van der Waals surface area contributed by atoms with Crippen LogP contribution in [0.4, 0.5) is 0 Å². The van der Waals surface area contributed by atoms with E-state index >= 15 is 0 Å². The molecule has 4 heteroatoms. The molecule has 1 fully saturated rings. The average Bonchev–Trinajstić information content (AvgIpc) is 2.91. The smallest absolute Gasteiger partial charge is 0.303 e. The molecule has 0 aromatic heterocycles. The second kappa shape index (κ2) is 10.2. The number of Topliss-reactive ketones (excluding diaryl/α,β-unsaturated/α-hetero) is 1. The monoisotopic (exact) mass is 364 g/mol. The SMILES string of the molecule is C[C@]1(CCCCCCC(=O)O)C(=O)CC=C1CCC(O)C1CCCCC1. The lowest BCUT2D eigenvalue weighted by molar-refractivity contribution is -0.137. The number of unbranched alkanes of at least 4 members (excludes halogenated alkanes) is 3. The summed E-state index contributed by atoms with van der Waals surface area (Å²) in [5, 5.41) is 19.2. The number of carboxylic acid groups (broad SMARTS) is 1. The summed E-state index contributed by atoms with van der Waals surface area (Å²) < 4.78 is 0. The summed E-state index contributed by atoms with van der Waals surface area (Å²) in [6.07, 6.45) is 14.7. The first-order valence-electron chi connectivity index (χ1n) is 10.6. The van der Waals surface area contributed by atoms with Crippen LogP contribution in [0.1, 0.15) is 96.8 Å². The molecule has 26 heavy (non-hydrogen) atoms. The maximum absolute atomic E-state index is 12.5. The van der Waals surface area contributed by atoms with Crippen LogP contribution in [0.2, 0.25) is 0 Å². The fourth-order valence-corrected chi connectivity index (χ4v) is 4.69. The molecule has 0 aromatic rings. The molecule has 0 aromatic carbocycles. The Labute approximate surface area is 158 Å². The van der Waals surface area contributed by atoms with Crippen LogP contribution in [0.15, 0.2) is 11.6 Å². The Bertz CT molecular complexity index is 504. The highest BCUT2D eigenvalue weighted by Gasteiger charge is 2.39. The van der Waals surface area contributed by atoms with Crippen LogP contribution < -0.4 is 0 Å². The van der Waals surface area contributed by atoms with E-state index in [-0.39, 0.29) is 17.9 Å². The van der Waals surface area contributed by atoms with Crippen molar-refractivity contribution in [3.63, 3.8) is 0 Å². The number of hydrogen-bond acceptors (Lipinski definition) is 3. The molecule has 2 N–H and O–H groups in total. The molecule has 0 spiro atoms. The number of carbonyl (C=O) groups excluding carboxylic acids is 1. The van der Waals surface area contributed by atoms with Crippen molar-refractivity contribution in [1.29, 1.82) is 0 Å². The predicted octanol–water partition coefficient (Wildman–Crippen LogP) is 5.04. The fraction of sp³-hybridized carbons (Fsp3) is 0.818. The molecule has 2 rings (SSSR count). The highest BCUT2D eigenvalue weighted by molar-refractivity contribution is 5.91. The molecule has 0 radical (unpaired) electrons. The number of aliphatic carboxylic acids is 1. The Hall–Kier alpha value is -1.16. The van der Waals surface area contributed by atoms with Gasteiger partial charge in [-0.3, -0.25) is 9.59 Å². The second-order valence-electron chi connectivity index (χ2n) is 8.50. The number of rotatable bonds is 11. The van der Waals surface area contributed by atoms with E-state index in [0.717, 1.165) is 57.8 Å². The van der Waals surface area contributed by atoms with Gasteiger partial charge in [-0.1, -0.05) is 50.2 Å². The van der Waals surface area contributed by atoms with Crippen molar-refractivity contribution in [2.45, 2.75) is 103 Å². The van der Waals surface area contributed by atoms with Crippen LogP contribution in [0.25, 0.3) is 0 Å². The average molecular weight is 365 g/mol. The molecule has 0 amide bonds. The third-order valence-corrected chi connectivity index (χ3v) is 6.58. The maximum atomic E-state index is 12.5. The summed E-state index contributed by atoms with van der Waals surface area (Å²) in [6.45, 7) is 2.07. The molecule has 0 heterocycles. The van der Waals surface area contributed by atoms with Gasteiger partial charge in [-0.05, 0) is 51.4 Å². The van der Waals surface area contributed by atoms with Gasteiger partial charge in [0.25, 0.3) is 0 Å². The van der Waals surface area contributed by atoms with Crippen molar-refractivity contribution in [1.82, 2.24) is 0 Å². The summed E-state index contributed by atoms with van der Waals surface area (Å²) in [5.74, 6) is 0.0248. The first-order chi connectivity index (χ1) is 12.4. The van der Waals surface area contributed by atoms with E-state index in [4.69, 9.17) is 5.11 Å². The van der Waals surface area contributed by atoms with Gasteiger partial charge in [0.2, 0.25) is 0 Å². The molecule has 148 valence electrons. The molecule has 2 aliphatic rings. The first kappa shape index (κ1) is 21.1. The van der Waals surface area contributed by atoms with E-state index in [1.54, 1.807) is 0 Å². The van der Waals surface area contributed by atoms with E-state index in [1.807, 2.05) is 0 Å². The Morgan fingerprint density at radius 3 is 2.58 bits per heavy atom. The topological polar surface area (TPSA) is 74.6 Å². The van der Waals surface area contributed by atoms with Crippen LogP contribution in [0.3, 0.4) is 0 Å². The van der Waals surface area contributed by atoms with Gasteiger partial charge < -0.3 is 10.2 Å². The zero-order chi connectivity index (χ0) is 19.0. The second-order valence-corrected chi connectivity index (χ2v) is 8.50. The lowest BCUT2D eigenvalue weighted by Gasteiger charge is -2.30. The van der Waals surface area contributed by atoms with E-state index in [1.165, 1.54) is 24.8 Å². The Balaban J connectivity index is 1.75. The molecule has 0 saturated heterocycles. The Morgan fingerprint density at radius 2 is 1.88 bits per heavy atom. The quantitative estimate of drug-likeness (QED) is 0.398. The first-order valence-corrected chi connectivity index (χ1v) is 10.6. The summed E-state index contributed by atoms with van der Waals surface area (Å²) >= 11 is 0. The molecular formula is C22H36O4. The molecule has 2 atom stereocenters. The molecule has 1 unspecified atom stereocenters. The standard InChI is InChI=1S/C22H36O4/c1-22(16-8-3-2-7-11-21(25)26)18(13-15-20(22)24)12-14-19(23)17-9-5-4-6-10-17/h13,17,19,23H,2-12,14-16H2,1H3,(H,25,26)/t19?,22-/m1/s1. The van der Waals surface area contributed by atoms with Gasteiger partial charge in [-0.2, -0.15) is 0 Å². The van der Waals surface area contributed by atoms with Gasteiger partial charge in [-0.25, -0.2) is 0 Å². The van der Waals surface area contributed by atoms with Gasteiger partial charge in [-0.15, -0.1) is 0 Å². The number of carbonyl (C=O) groups is 2. The zero-order valence-corrected chi connectivity index (χ0v) is 16.3. The van der Waals surface area contributed by atoms with E-state index in [2.05, 4.69) is 13.0 Å². The summed E-state index contributed by atoms with van der Waals surface area (Å²) in [7, 11) is 0. The molecule has 0 bridgehead atoms. The highest BCUT2D eigenvalue weighted by Crippen LogP contribution is 2.43. The van der Waals surface area contributed by atoms with Crippen molar-refractivity contribution in [2.24, 2.45) is 11.3 Å². The summed E-state index contributed by atoms with van der Waals surface area (Å²) in [4.78, 5) is 23.0. The number of aliphatic hydroxyl groups excluding tert-OH is 1. The van der Waals surface area contributed by atoms with Crippen molar-refractivity contribution < 1.29 is 19.8 Å².